The van der Waals surface area contributed by atoms with Crippen LogP contribution in [0.15, 0.2) is 12.4 Å². The lowest BCUT2D eigenvalue weighted by atomic mass is 10.1. The van der Waals surface area contributed by atoms with E-state index in [1.54, 1.807) is 29.0 Å². The molecule has 2 heterocycles. The van der Waals surface area contributed by atoms with Gasteiger partial charge in [-0.2, -0.15) is 5.10 Å². The zero-order valence-electron chi connectivity index (χ0n) is 9.05. The zero-order valence-corrected chi connectivity index (χ0v) is 9.05. The average Bonchev–Trinajstić information content (AvgIpc) is 2.74. The van der Waals surface area contributed by atoms with E-state index >= 15 is 0 Å². The van der Waals surface area contributed by atoms with Crippen LogP contribution in [0.5, 0.6) is 0 Å². The van der Waals surface area contributed by atoms with Gasteiger partial charge in [0.15, 0.2) is 0 Å². The van der Waals surface area contributed by atoms with Gasteiger partial charge in [0.2, 0.25) is 0 Å². The first-order valence-electron chi connectivity index (χ1n) is 5.11. The summed E-state index contributed by atoms with van der Waals surface area (Å²) in [6, 6.07) is 0.102. The van der Waals surface area contributed by atoms with Crippen molar-refractivity contribution in [3.05, 3.63) is 18.0 Å². The number of aryl methyl sites for hydroxylation is 1. The Bertz CT molecular complexity index is 363. The lowest BCUT2D eigenvalue weighted by Crippen LogP contribution is -2.32. The molecular weight excluding hydrogens is 192 g/mol. The molecule has 2 unspecified atom stereocenters. The van der Waals surface area contributed by atoms with E-state index in [-0.39, 0.29) is 11.9 Å². The quantitative estimate of drug-likeness (QED) is 0.697. The predicted molar refractivity (Wildman–Crippen MR) is 56.3 cm³/mol. The van der Waals surface area contributed by atoms with Crippen LogP contribution in [0.1, 0.15) is 17.3 Å². The minimum Gasteiger partial charge on any atom is -0.337 e. The van der Waals surface area contributed by atoms with E-state index in [1.807, 2.05) is 0 Å². The smallest absolute Gasteiger partial charge is 0.257 e. The molecule has 0 spiro atoms. The number of aromatic nitrogens is 2. The molecule has 1 aromatic rings. The van der Waals surface area contributed by atoms with Gasteiger partial charge >= 0.3 is 0 Å². The van der Waals surface area contributed by atoms with E-state index < -0.39 is 0 Å². The molecule has 0 radical (unpaired) electrons. The normalized spacial score (nSPS) is 25.9. The average molecular weight is 208 g/mol. The molecule has 1 aromatic heterocycles. The molecule has 2 atom stereocenters. The molecule has 5 heteroatoms. The minimum atomic E-state index is 0.0305. The van der Waals surface area contributed by atoms with Crippen LogP contribution in [0.2, 0.25) is 0 Å². The number of nitrogens with zero attached hydrogens (tertiary/aromatic N) is 3. The standard InChI is InChI=1S/C10H16N4O/c1-7-4-14(6-9(7)11)10(15)8-3-12-13(2)5-8/h3,5,7,9H,4,6,11H2,1-2H3. The lowest BCUT2D eigenvalue weighted by molar-refractivity contribution is 0.0787. The van der Waals surface area contributed by atoms with E-state index in [2.05, 4.69) is 12.0 Å². The van der Waals surface area contributed by atoms with Gasteiger partial charge in [0.05, 0.1) is 11.8 Å². The largest absolute Gasteiger partial charge is 0.337 e. The van der Waals surface area contributed by atoms with Gasteiger partial charge in [-0.15, -0.1) is 0 Å². The molecule has 1 fully saturated rings. The van der Waals surface area contributed by atoms with E-state index in [9.17, 15) is 4.79 Å². The molecule has 1 aliphatic rings. The Balaban J connectivity index is 2.10. The van der Waals surface area contributed by atoms with Crippen molar-refractivity contribution in [2.45, 2.75) is 13.0 Å². The van der Waals surface area contributed by atoms with Gasteiger partial charge in [0.25, 0.3) is 5.91 Å². The van der Waals surface area contributed by atoms with Crippen molar-refractivity contribution < 1.29 is 4.79 Å². The third-order valence-electron chi connectivity index (χ3n) is 2.91. The lowest BCUT2D eigenvalue weighted by Gasteiger charge is -2.14. The highest BCUT2D eigenvalue weighted by Gasteiger charge is 2.30. The molecule has 5 nitrogen and oxygen atoms in total. The van der Waals surface area contributed by atoms with Crippen molar-refractivity contribution >= 4 is 5.91 Å². The molecule has 0 bridgehead atoms. The summed E-state index contributed by atoms with van der Waals surface area (Å²) in [6.45, 7) is 3.46. The summed E-state index contributed by atoms with van der Waals surface area (Å²) in [7, 11) is 1.80. The summed E-state index contributed by atoms with van der Waals surface area (Å²) >= 11 is 0. The molecular formula is C10H16N4O. The van der Waals surface area contributed by atoms with Crippen LogP contribution in [0.4, 0.5) is 0 Å². The highest BCUT2D eigenvalue weighted by atomic mass is 16.2. The molecule has 0 aromatic carbocycles. The molecule has 0 aliphatic carbocycles. The summed E-state index contributed by atoms with van der Waals surface area (Å²) in [4.78, 5) is 13.8. The first-order valence-corrected chi connectivity index (χ1v) is 5.11. The maximum Gasteiger partial charge on any atom is 0.257 e. The molecule has 0 saturated carbocycles. The van der Waals surface area contributed by atoms with Gasteiger partial charge in [-0.25, -0.2) is 0 Å². The Hall–Kier alpha value is -1.36. The van der Waals surface area contributed by atoms with Gasteiger partial charge in [-0.1, -0.05) is 6.92 Å². The fraction of sp³-hybridized carbons (Fsp3) is 0.600. The highest BCUT2D eigenvalue weighted by Crippen LogP contribution is 2.16. The molecule has 1 saturated heterocycles. The molecule has 1 amide bonds. The van der Waals surface area contributed by atoms with Gasteiger partial charge in [0, 0.05) is 32.4 Å². The topological polar surface area (TPSA) is 64.2 Å². The predicted octanol–water partition coefficient (Wildman–Crippen LogP) is -0.161. The van der Waals surface area contributed by atoms with Crippen molar-refractivity contribution in [3.63, 3.8) is 0 Å². The Morgan fingerprint density at radius 1 is 1.60 bits per heavy atom. The summed E-state index contributed by atoms with van der Waals surface area (Å²) < 4.78 is 1.63. The molecule has 2 N–H and O–H groups in total. The van der Waals surface area contributed by atoms with E-state index in [0.717, 1.165) is 6.54 Å². The van der Waals surface area contributed by atoms with E-state index in [0.29, 0.717) is 18.0 Å². The number of amides is 1. The van der Waals surface area contributed by atoms with Gasteiger partial charge in [-0.3, -0.25) is 9.48 Å². The second kappa shape index (κ2) is 3.66. The second-order valence-corrected chi connectivity index (χ2v) is 4.25. The summed E-state index contributed by atoms with van der Waals surface area (Å²) in [5, 5.41) is 3.99. The SMILES string of the molecule is CC1CN(C(=O)c2cnn(C)c2)CC1N. The summed E-state index contributed by atoms with van der Waals surface area (Å²) in [5.74, 6) is 0.411. The van der Waals surface area contributed by atoms with Crippen LogP contribution in [0.3, 0.4) is 0 Å². The fourth-order valence-corrected chi connectivity index (χ4v) is 1.87. The van der Waals surface area contributed by atoms with Crippen LogP contribution in [-0.4, -0.2) is 39.7 Å². The highest BCUT2D eigenvalue weighted by molar-refractivity contribution is 5.94. The number of nitrogens with two attached hydrogens (primary N) is 1. The first kappa shape index (κ1) is 10.2. The Labute approximate surface area is 88.8 Å². The molecule has 2 rings (SSSR count). The monoisotopic (exact) mass is 208 g/mol. The van der Waals surface area contributed by atoms with Crippen LogP contribution >= 0.6 is 0 Å². The Morgan fingerprint density at radius 2 is 2.33 bits per heavy atom. The van der Waals surface area contributed by atoms with Gasteiger partial charge in [0.1, 0.15) is 0 Å². The summed E-state index contributed by atoms with van der Waals surface area (Å²) in [5.41, 5.74) is 6.51. The van der Waals surface area contributed by atoms with Crippen molar-refractivity contribution in [3.8, 4) is 0 Å². The molecule has 82 valence electrons. The maximum atomic E-state index is 12.0. The van der Waals surface area contributed by atoms with Crippen LogP contribution in [-0.2, 0) is 7.05 Å². The van der Waals surface area contributed by atoms with Crippen LogP contribution in [0.25, 0.3) is 0 Å². The van der Waals surface area contributed by atoms with Gasteiger partial charge in [-0.05, 0) is 5.92 Å². The van der Waals surface area contributed by atoms with Crippen molar-refractivity contribution in [2.24, 2.45) is 18.7 Å². The maximum absolute atomic E-state index is 12.0. The Kier molecular flexibility index (Phi) is 2.48. The number of likely N-dealkylation sites (tertiary alicyclic amines) is 1. The number of rotatable bonds is 1. The first-order chi connectivity index (χ1) is 7.08. The number of carbonyl (C=O) groups is 1. The number of hydrogen-bond acceptors (Lipinski definition) is 3. The molecule has 1 aliphatic heterocycles. The second-order valence-electron chi connectivity index (χ2n) is 4.25. The zero-order chi connectivity index (χ0) is 11.0. The third-order valence-corrected chi connectivity index (χ3v) is 2.91. The summed E-state index contributed by atoms with van der Waals surface area (Å²) in [6.07, 6.45) is 3.33. The Morgan fingerprint density at radius 3 is 2.80 bits per heavy atom. The number of carbonyl (C=O) groups excluding carboxylic acids is 1. The van der Waals surface area contributed by atoms with Crippen LogP contribution in [0, 0.1) is 5.92 Å². The number of hydrogen-bond donors (Lipinski definition) is 1. The van der Waals surface area contributed by atoms with Crippen LogP contribution < -0.4 is 5.73 Å². The van der Waals surface area contributed by atoms with Gasteiger partial charge < -0.3 is 10.6 Å². The fourth-order valence-electron chi connectivity index (χ4n) is 1.87. The minimum absolute atomic E-state index is 0.0305. The van der Waals surface area contributed by atoms with E-state index in [1.165, 1.54) is 0 Å². The third kappa shape index (κ3) is 1.87. The van der Waals surface area contributed by atoms with Crippen molar-refractivity contribution in [2.75, 3.05) is 13.1 Å². The van der Waals surface area contributed by atoms with E-state index in [4.69, 9.17) is 5.73 Å². The van der Waals surface area contributed by atoms with Crippen molar-refractivity contribution in [1.82, 2.24) is 14.7 Å². The van der Waals surface area contributed by atoms with Crippen molar-refractivity contribution in [1.29, 1.82) is 0 Å². The molecule has 15 heavy (non-hydrogen) atoms.